The number of nitrogens with one attached hydrogen (secondary N) is 1. The lowest BCUT2D eigenvalue weighted by molar-refractivity contribution is 0.527. The molecule has 1 atom stereocenters. The van der Waals surface area contributed by atoms with Crippen LogP contribution in [0.4, 0.5) is 5.69 Å². The molecule has 1 unspecified atom stereocenters. The van der Waals surface area contributed by atoms with Crippen molar-refractivity contribution < 1.29 is 0 Å². The molecule has 0 aliphatic carbocycles. The summed E-state index contributed by atoms with van der Waals surface area (Å²) in [5.41, 5.74) is 2.89. The molecule has 1 N–H and O–H groups in total. The Kier molecular flexibility index (Phi) is 8.30. The van der Waals surface area contributed by atoms with Crippen molar-refractivity contribution >= 4 is 5.69 Å². The number of para-hydroxylation sites is 1. The Labute approximate surface area is 135 Å². The molecule has 0 radical (unpaired) electrons. The predicted octanol–water partition coefficient (Wildman–Crippen LogP) is 3.10. The van der Waals surface area contributed by atoms with E-state index in [2.05, 4.69) is 46.4 Å². The lowest BCUT2D eigenvalue weighted by atomic mass is 9.98. The second-order valence-corrected chi connectivity index (χ2v) is 5.09. The van der Waals surface area contributed by atoms with Crippen molar-refractivity contribution in [3.05, 3.63) is 48.5 Å². The summed E-state index contributed by atoms with van der Waals surface area (Å²) >= 11 is 0. The molecule has 22 heavy (non-hydrogen) atoms. The van der Waals surface area contributed by atoms with Crippen LogP contribution in [-0.2, 0) is 13.5 Å². The van der Waals surface area contributed by atoms with Gasteiger partial charge in [-0.05, 0) is 32.0 Å². The van der Waals surface area contributed by atoms with E-state index in [1.54, 1.807) is 12.5 Å². The minimum Gasteiger partial charge on any atom is -0.370 e. The molecule has 0 spiro atoms. The number of aryl methyl sites for hydroxylation is 1. The first-order valence-electron chi connectivity index (χ1n) is 8.16. The van der Waals surface area contributed by atoms with E-state index in [-0.39, 0.29) is 0 Å². The molecular formula is C18H30N4. The van der Waals surface area contributed by atoms with E-state index in [9.17, 15) is 0 Å². The van der Waals surface area contributed by atoms with E-state index in [0.29, 0.717) is 6.04 Å². The summed E-state index contributed by atoms with van der Waals surface area (Å²) in [5.74, 6) is 0. The highest BCUT2D eigenvalue weighted by Gasteiger charge is 2.21. The smallest absolute Gasteiger partial charge is 0.0943 e. The van der Waals surface area contributed by atoms with Gasteiger partial charge in [0, 0.05) is 44.3 Å². The van der Waals surface area contributed by atoms with Crippen LogP contribution in [0.15, 0.2) is 43.0 Å². The fourth-order valence-corrected chi connectivity index (χ4v) is 2.50. The van der Waals surface area contributed by atoms with Crippen molar-refractivity contribution in [1.82, 2.24) is 14.9 Å². The van der Waals surface area contributed by atoms with E-state index >= 15 is 0 Å². The number of benzene rings is 1. The van der Waals surface area contributed by atoms with Crippen LogP contribution < -0.4 is 10.2 Å². The van der Waals surface area contributed by atoms with Gasteiger partial charge in [-0.2, -0.15) is 0 Å². The molecule has 122 valence electrons. The Morgan fingerprint density at radius 1 is 1.27 bits per heavy atom. The van der Waals surface area contributed by atoms with Gasteiger partial charge in [0.2, 0.25) is 0 Å². The van der Waals surface area contributed by atoms with Gasteiger partial charge in [-0.1, -0.05) is 32.0 Å². The molecule has 1 aliphatic heterocycles. The molecule has 2 heterocycles. The summed E-state index contributed by atoms with van der Waals surface area (Å²) in [6.45, 7) is 8.44. The molecular weight excluding hydrogens is 272 g/mol. The van der Waals surface area contributed by atoms with E-state index in [1.165, 1.54) is 11.3 Å². The molecule has 3 rings (SSSR count). The third kappa shape index (κ3) is 5.19. The third-order valence-corrected chi connectivity index (χ3v) is 3.67. The van der Waals surface area contributed by atoms with Gasteiger partial charge in [-0.25, -0.2) is 4.98 Å². The van der Waals surface area contributed by atoms with Crippen molar-refractivity contribution in [3.8, 4) is 0 Å². The zero-order valence-electron chi connectivity index (χ0n) is 14.6. The molecule has 0 bridgehead atoms. The maximum Gasteiger partial charge on any atom is 0.0943 e. The summed E-state index contributed by atoms with van der Waals surface area (Å²) in [6.07, 6.45) is 6.54. The topological polar surface area (TPSA) is 33.1 Å². The van der Waals surface area contributed by atoms with Crippen LogP contribution in [0.5, 0.6) is 0 Å². The van der Waals surface area contributed by atoms with Gasteiger partial charge in [0.05, 0.1) is 6.33 Å². The molecule has 0 saturated carbocycles. The van der Waals surface area contributed by atoms with Gasteiger partial charge < -0.3 is 14.8 Å². The third-order valence-electron chi connectivity index (χ3n) is 3.67. The molecule has 1 aliphatic rings. The van der Waals surface area contributed by atoms with Crippen molar-refractivity contribution in [3.63, 3.8) is 0 Å². The Balaban J connectivity index is 0.000000253. The number of nitrogens with zero attached hydrogens (tertiary/aromatic N) is 3. The van der Waals surface area contributed by atoms with E-state index in [1.807, 2.05) is 38.7 Å². The monoisotopic (exact) mass is 302 g/mol. The first-order chi connectivity index (χ1) is 10.7. The van der Waals surface area contributed by atoms with Crippen molar-refractivity contribution in [2.75, 3.05) is 25.0 Å². The Morgan fingerprint density at radius 3 is 2.50 bits per heavy atom. The molecule has 0 amide bonds. The summed E-state index contributed by atoms with van der Waals surface area (Å²) in [5, 5.41) is 3.37. The number of aromatic nitrogens is 2. The number of imidazole rings is 1. The molecule has 4 nitrogen and oxygen atoms in total. The van der Waals surface area contributed by atoms with Crippen molar-refractivity contribution in [2.24, 2.45) is 7.05 Å². The maximum absolute atomic E-state index is 3.78. The molecule has 0 saturated heterocycles. The number of hydrogen-bond acceptors (Lipinski definition) is 3. The van der Waals surface area contributed by atoms with Crippen LogP contribution in [0.2, 0.25) is 0 Å². The fourth-order valence-electron chi connectivity index (χ4n) is 2.50. The lowest BCUT2D eigenvalue weighted by Gasteiger charge is -2.35. The number of fused-ring (bicyclic) bond motifs is 1. The zero-order valence-corrected chi connectivity index (χ0v) is 14.6. The van der Waals surface area contributed by atoms with E-state index in [0.717, 1.165) is 19.5 Å². The van der Waals surface area contributed by atoms with Gasteiger partial charge in [-0.15, -0.1) is 0 Å². The lowest BCUT2D eigenvalue weighted by Crippen LogP contribution is -2.44. The number of anilines is 1. The van der Waals surface area contributed by atoms with Crippen LogP contribution in [0.25, 0.3) is 0 Å². The van der Waals surface area contributed by atoms with Gasteiger partial charge in [0.1, 0.15) is 0 Å². The van der Waals surface area contributed by atoms with Gasteiger partial charge in [0.25, 0.3) is 0 Å². The average Bonchev–Trinajstić information content (AvgIpc) is 3.07. The normalized spacial score (nSPS) is 15.9. The Bertz CT molecular complexity index is 508. The van der Waals surface area contributed by atoms with Crippen molar-refractivity contribution in [1.29, 1.82) is 0 Å². The summed E-state index contributed by atoms with van der Waals surface area (Å²) < 4.78 is 1.89. The minimum atomic E-state index is 0.602. The number of hydrogen-bond donors (Lipinski definition) is 1. The minimum absolute atomic E-state index is 0.602. The molecule has 1 aromatic heterocycles. The maximum atomic E-state index is 3.78. The predicted molar refractivity (Wildman–Crippen MR) is 95.4 cm³/mol. The second-order valence-electron chi connectivity index (χ2n) is 5.09. The number of likely N-dealkylation sites (N-methyl/N-ethyl adjacent to an activating group) is 2. The second kappa shape index (κ2) is 10.0. The van der Waals surface area contributed by atoms with Gasteiger partial charge in [0.15, 0.2) is 0 Å². The standard InChI is InChI=1S/C12H18N2.C4H6N2.C2H6/c1-3-14-9-11(13-2)8-10-6-4-5-7-12(10)14;1-6-3-2-5-4-6;1-2/h4-7,11,13H,3,8-9H2,1-2H3;2-4H,1H3;1-2H3. The van der Waals surface area contributed by atoms with Crippen LogP contribution in [0, 0.1) is 0 Å². The van der Waals surface area contributed by atoms with Gasteiger partial charge >= 0.3 is 0 Å². The SMILES string of the molecule is CC.CCN1CC(NC)Cc2ccccc21.Cn1ccnc1. The largest absolute Gasteiger partial charge is 0.370 e. The molecule has 0 fully saturated rings. The highest BCUT2D eigenvalue weighted by atomic mass is 15.2. The summed E-state index contributed by atoms with van der Waals surface area (Å²) in [7, 11) is 3.99. The Hall–Kier alpha value is -1.81. The first kappa shape index (κ1) is 18.2. The zero-order chi connectivity index (χ0) is 16.4. The van der Waals surface area contributed by atoms with E-state index in [4.69, 9.17) is 0 Å². The summed E-state index contributed by atoms with van der Waals surface area (Å²) in [4.78, 5) is 6.23. The Morgan fingerprint density at radius 2 is 2.00 bits per heavy atom. The van der Waals surface area contributed by atoms with Crippen LogP contribution in [0.3, 0.4) is 0 Å². The molecule has 1 aromatic carbocycles. The molecule has 4 heteroatoms. The first-order valence-corrected chi connectivity index (χ1v) is 8.16. The van der Waals surface area contributed by atoms with Crippen LogP contribution >= 0.6 is 0 Å². The number of rotatable bonds is 2. The highest BCUT2D eigenvalue weighted by Crippen LogP contribution is 2.26. The highest BCUT2D eigenvalue weighted by molar-refractivity contribution is 5.56. The fraction of sp³-hybridized carbons (Fsp3) is 0.500. The molecule has 2 aromatic rings. The summed E-state index contributed by atoms with van der Waals surface area (Å²) in [6, 6.07) is 9.32. The quantitative estimate of drug-likeness (QED) is 0.925. The van der Waals surface area contributed by atoms with Crippen molar-refractivity contribution in [2.45, 2.75) is 33.2 Å². The van der Waals surface area contributed by atoms with Gasteiger partial charge in [-0.3, -0.25) is 0 Å². The van der Waals surface area contributed by atoms with Crippen LogP contribution in [0.1, 0.15) is 26.3 Å². The van der Waals surface area contributed by atoms with Crippen LogP contribution in [-0.4, -0.2) is 35.7 Å². The van der Waals surface area contributed by atoms with E-state index < -0.39 is 0 Å². The average molecular weight is 302 g/mol.